The molecule has 0 aliphatic rings. The lowest BCUT2D eigenvalue weighted by atomic mass is 9.76. The maximum atomic E-state index is 9.31. The van der Waals surface area contributed by atoms with Crippen molar-refractivity contribution in [3.8, 4) is 5.75 Å². The van der Waals surface area contributed by atoms with Crippen LogP contribution in [0.25, 0.3) is 10.9 Å². The van der Waals surface area contributed by atoms with E-state index in [0.29, 0.717) is 11.3 Å². The topological polar surface area (TPSA) is 33.1 Å². The van der Waals surface area contributed by atoms with Crippen LogP contribution in [0.2, 0.25) is 0 Å². The zero-order chi connectivity index (χ0) is 17.5. The van der Waals surface area contributed by atoms with E-state index >= 15 is 0 Å². The van der Waals surface area contributed by atoms with Crippen LogP contribution in [0.5, 0.6) is 5.75 Å². The highest BCUT2D eigenvalue weighted by atomic mass is 16.3. The highest BCUT2D eigenvalue weighted by molar-refractivity contribution is 6.14. The number of aromatic hydroxyl groups is 1. The Morgan fingerprint density at radius 3 is 1.80 bits per heavy atom. The molecule has 0 aliphatic carbocycles. The zero-order valence-corrected chi connectivity index (χ0v) is 14.2. The third kappa shape index (κ3) is 4.27. The number of nitrogens with zero attached hydrogens (tertiary/aromatic N) is 1. The normalized spacial score (nSPS) is 10.3. The lowest BCUT2D eigenvalue weighted by Gasteiger charge is -2.11. The summed E-state index contributed by atoms with van der Waals surface area (Å²) in [6.45, 7) is 0. The average molecular weight is 325 g/mol. The largest absolute Gasteiger partial charge is 0.506 e. The first kappa shape index (κ1) is 16.8. The second kappa shape index (κ2) is 8.16. The summed E-state index contributed by atoms with van der Waals surface area (Å²) in [5.41, 5.74) is 3.41. The predicted molar refractivity (Wildman–Crippen MR) is 107 cm³/mol. The maximum absolute atomic E-state index is 9.31. The van der Waals surface area contributed by atoms with Crippen LogP contribution in [0.4, 0.5) is 0 Å². The Labute approximate surface area is 149 Å². The zero-order valence-electron chi connectivity index (χ0n) is 14.2. The minimum atomic E-state index is 0.239. The van der Waals surface area contributed by atoms with Crippen LogP contribution in [0.3, 0.4) is 0 Å². The number of fused-ring (bicyclic) bond motifs is 1. The minimum absolute atomic E-state index is 0.239. The van der Waals surface area contributed by atoms with Crippen molar-refractivity contribution in [1.82, 2.24) is 4.98 Å². The first-order valence-electron chi connectivity index (χ1n) is 8.38. The van der Waals surface area contributed by atoms with Gasteiger partial charge in [-0.1, -0.05) is 78.9 Å². The summed E-state index contributed by atoms with van der Waals surface area (Å²) in [5.74, 6) is 0.723. The molecule has 25 heavy (non-hydrogen) atoms. The van der Waals surface area contributed by atoms with E-state index in [-0.39, 0.29) is 5.75 Å². The van der Waals surface area contributed by atoms with E-state index in [9.17, 15) is 5.11 Å². The molecule has 1 heterocycles. The monoisotopic (exact) mass is 325 g/mol. The summed E-state index contributed by atoms with van der Waals surface area (Å²) < 4.78 is 0. The lowest BCUT2D eigenvalue weighted by Crippen LogP contribution is -1.99. The molecule has 4 aromatic rings. The van der Waals surface area contributed by atoms with Crippen LogP contribution in [-0.4, -0.2) is 17.9 Å². The third-order valence-corrected chi connectivity index (χ3v) is 4.21. The third-order valence-electron chi connectivity index (χ3n) is 4.21. The number of benzene rings is 3. The van der Waals surface area contributed by atoms with Crippen LogP contribution in [-0.2, 0) is 0 Å². The van der Waals surface area contributed by atoms with Crippen LogP contribution in [0, 0.1) is 0 Å². The van der Waals surface area contributed by atoms with Gasteiger partial charge in [0.05, 0.1) is 0 Å². The Kier molecular flexibility index (Phi) is 5.48. The Morgan fingerprint density at radius 1 is 0.680 bits per heavy atom. The molecular weight excluding hydrogens is 305 g/mol. The first-order chi connectivity index (χ1) is 12.3. The molecule has 2 nitrogen and oxygen atoms in total. The Balaban J connectivity index is 0.000000150. The predicted octanol–water partition coefficient (Wildman–Crippen LogP) is 4.35. The highest BCUT2D eigenvalue weighted by Crippen LogP contribution is 2.21. The molecule has 0 fully saturated rings. The molecule has 4 rings (SSSR count). The van der Waals surface area contributed by atoms with Gasteiger partial charge in [-0.3, -0.25) is 4.98 Å². The number of rotatable bonds is 2. The molecule has 1 aromatic heterocycles. The number of para-hydroxylation sites is 1. The van der Waals surface area contributed by atoms with Gasteiger partial charge >= 0.3 is 0 Å². The van der Waals surface area contributed by atoms with E-state index in [1.807, 2.05) is 18.2 Å². The summed E-state index contributed by atoms with van der Waals surface area (Å²) >= 11 is 0. The molecule has 0 spiro atoms. The number of phenolic OH excluding ortho intramolecular Hbond substituents is 1. The maximum Gasteiger partial charge on any atom is 0.141 e. The molecule has 3 heteroatoms. The number of hydrogen-bond acceptors (Lipinski definition) is 2. The van der Waals surface area contributed by atoms with Gasteiger partial charge in [0, 0.05) is 11.6 Å². The highest BCUT2D eigenvalue weighted by Gasteiger charge is 2.06. The van der Waals surface area contributed by atoms with Crippen LogP contribution in [0.15, 0.2) is 97.2 Å². The Hall–Kier alpha value is -3.07. The second-order valence-electron chi connectivity index (χ2n) is 5.90. The fourth-order valence-electron chi connectivity index (χ4n) is 2.76. The van der Waals surface area contributed by atoms with Gasteiger partial charge in [-0.05, 0) is 29.1 Å². The lowest BCUT2D eigenvalue weighted by molar-refractivity contribution is 0.480. The van der Waals surface area contributed by atoms with Gasteiger partial charge < -0.3 is 5.11 Å². The van der Waals surface area contributed by atoms with E-state index in [1.165, 1.54) is 11.1 Å². The van der Waals surface area contributed by atoms with Gasteiger partial charge in [0.2, 0.25) is 0 Å². The SMILES string of the molecule is BC(c1ccccc1)c1ccccc1.Oc1cccc2cccnc12. The van der Waals surface area contributed by atoms with E-state index < -0.39 is 0 Å². The molecule has 0 radical (unpaired) electrons. The molecule has 0 bridgehead atoms. The Bertz CT molecular complexity index is 881. The van der Waals surface area contributed by atoms with Gasteiger partial charge in [-0.25, -0.2) is 0 Å². The number of hydrogen-bond donors (Lipinski definition) is 1. The van der Waals surface area contributed by atoms with Crippen LogP contribution >= 0.6 is 0 Å². The van der Waals surface area contributed by atoms with Gasteiger partial charge in [-0.15, -0.1) is 0 Å². The summed E-state index contributed by atoms with van der Waals surface area (Å²) in [5, 5.41) is 10.3. The van der Waals surface area contributed by atoms with Crippen molar-refractivity contribution < 1.29 is 5.11 Å². The number of pyridine rings is 1. The van der Waals surface area contributed by atoms with Crippen LogP contribution in [0.1, 0.15) is 16.9 Å². The van der Waals surface area contributed by atoms with Crippen molar-refractivity contribution in [3.63, 3.8) is 0 Å². The smallest absolute Gasteiger partial charge is 0.141 e. The second-order valence-corrected chi connectivity index (χ2v) is 5.90. The summed E-state index contributed by atoms with van der Waals surface area (Å²) in [4.78, 5) is 4.03. The molecule has 0 unspecified atom stereocenters. The number of phenols is 1. The van der Waals surface area contributed by atoms with Crippen molar-refractivity contribution >= 4 is 18.7 Å². The van der Waals surface area contributed by atoms with E-state index in [0.717, 1.165) is 5.39 Å². The van der Waals surface area contributed by atoms with Gasteiger partial charge in [0.25, 0.3) is 0 Å². The van der Waals surface area contributed by atoms with Crippen molar-refractivity contribution in [1.29, 1.82) is 0 Å². The minimum Gasteiger partial charge on any atom is -0.506 e. The van der Waals surface area contributed by atoms with E-state index in [1.54, 1.807) is 18.3 Å². The summed E-state index contributed by atoms with van der Waals surface area (Å²) in [6, 6.07) is 30.3. The van der Waals surface area contributed by atoms with Crippen molar-refractivity contribution in [2.45, 2.75) is 5.82 Å². The average Bonchev–Trinajstić information content (AvgIpc) is 2.70. The number of aromatic nitrogens is 1. The van der Waals surface area contributed by atoms with E-state index in [4.69, 9.17) is 0 Å². The fraction of sp³-hybridized carbons (Fsp3) is 0.0455. The molecule has 1 N–H and O–H groups in total. The standard InChI is InChI=1S/C13H13B.C9H7NO/c14-13(11-7-3-1-4-8-11)12-9-5-2-6-10-12;11-8-5-1-3-7-4-2-6-10-9(7)8/h1-10,13H,14H2;1-6,11H. The molecule has 3 aromatic carbocycles. The quantitative estimate of drug-likeness (QED) is 0.556. The fourth-order valence-corrected chi connectivity index (χ4v) is 2.76. The molecule has 0 saturated heterocycles. The van der Waals surface area contributed by atoms with Crippen LogP contribution < -0.4 is 0 Å². The van der Waals surface area contributed by atoms with Crippen molar-refractivity contribution in [2.24, 2.45) is 0 Å². The molecule has 0 aliphatic heterocycles. The van der Waals surface area contributed by atoms with Crippen molar-refractivity contribution in [3.05, 3.63) is 108 Å². The van der Waals surface area contributed by atoms with E-state index in [2.05, 4.69) is 73.5 Å². The Morgan fingerprint density at radius 2 is 1.24 bits per heavy atom. The molecule has 0 saturated carbocycles. The van der Waals surface area contributed by atoms with Gasteiger partial charge in [-0.2, -0.15) is 0 Å². The first-order valence-corrected chi connectivity index (χ1v) is 8.38. The van der Waals surface area contributed by atoms with Gasteiger partial charge in [0.1, 0.15) is 19.1 Å². The molecular formula is C22H20BNO. The van der Waals surface area contributed by atoms with Gasteiger partial charge in [0.15, 0.2) is 0 Å². The summed E-state index contributed by atoms with van der Waals surface area (Å²) in [7, 11) is 2.24. The van der Waals surface area contributed by atoms with Crippen molar-refractivity contribution in [2.75, 3.05) is 0 Å². The summed E-state index contributed by atoms with van der Waals surface area (Å²) in [6.07, 6.45) is 1.67. The molecule has 0 amide bonds. The molecule has 0 atom stereocenters. The molecule has 122 valence electrons.